The Balaban J connectivity index is 1.84. The molecule has 4 heteroatoms. The third kappa shape index (κ3) is 2.90. The Morgan fingerprint density at radius 3 is 2.50 bits per heavy atom. The predicted molar refractivity (Wildman–Crippen MR) is 89.9 cm³/mol. The fourth-order valence-electron chi connectivity index (χ4n) is 2.28. The number of carbonyl (C=O) groups excluding carboxylic acids is 1. The maximum absolute atomic E-state index is 12.3. The second-order valence-electron chi connectivity index (χ2n) is 4.87. The van der Waals surface area contributed by atoms with Crippen LogP contribution in [0.15, 0.2) is 60.7 Å². The Bertz CT molecular complexity index is 845. The van der Waals surface area contributed by atoms with Gasteiger partial charge in [0.25, 0.3) is 5.91 Å². The molecule has 0 saturated heterocycles. The molecule has 0 aliphatic heterocycles. The van der Waals surface area contributed by atoms with Gasteiger partial charge < -0.3 is 10.1 Å². The van der Waals surface area contributed by atoms with Crippen LogP contribution in [0.3, 0.4) is 0 Å². The minimum Gasteiger partial charge on any atom is -0.495 e. The van der Waals surface area contributed by atoms with Crippen molar-refractivity contribution < 1.29 is 9.53 Å². The van der Waals surface area contributed by atoms with Crippen molar-refractivity contribution in [2.45, 2.75) is 0 Å². The zero-order chi connectivity index (χ0) is 15.5. The zero-order valence-corrected chi connectivity index (χ0v) is 12.7. The van der Waals surface area contributed by atoms with Crippen molar-refractivity contribution in [1.82, 2.24) is 0 Å². The molecule has 0 bridgehead atoms. The summed E-state index contributed by atoms with van der Waals surface area (Å²) in [6, 6.07) is 18.8. The number of halogens is 1. The van der Waals surface area contributed by atoms with E-state index in [1.54, 1.807) is 18.2 Å². The summed E-state index contributed by atoms with van der Waals surface area (Å²) >= 11 is 6.05. The molecule has 0 aliphatic carbocycles. The molecule has 22 heavy (non-hydrogen) atoms. The third-order valence-electron chi connectivity index (χ3n) is 3.42. The highest BCUT2D eigenvalue weighted by Crippen LogP contribution is 2.25. The molecule has 0 saturated carbocycles. The second kappa shape index (κ2) is 6.08. The molecular weight excluding hydrogens is 298 g/mol. The topological polar surface area (TPSA) is 38.3 Å². The largest absolute Gasteiger partial charge is 0.495 e. The highest BCUT2D eigenvalue weighted by molar-refractivity contribution is 6.32. The van der Waals surface area contributed by atoms with E-state index in [1.807, 2.05) is 42.5 Å². The first-order valence-corrected chi connectivity index (χ1v) is 7.19. The van der Waals surface area contributed by atoms with Crippen molar-refractivity contribution in [1.29, 1.82) is 0 Å². The van der Waals surface area contributed by atoms with Gasteiger partial charge >= 0.3 is 0 Å². The number of nitrogens with one attached hydrogen (secondary N) is 1. The van der Waals surface area contributed by atoms with Crippen molar-refractivity contribution in [2.24, 2.45) is 0 Å². The number of methoxy groups -OCH3 is 1. The molecule has 0 spiro atoms. The Kier molecular flexibility index (Phi) is 3.98. The highest BCUT2D eigenvalue weighted by Gasteiger charge is 2.09. The number of hydrogen-bond acceptors (Lipinski definition) is 2. The normalized spacial score (nSPS) is 10.5. The van der Waals surface area contributed by atoms with Crippen molar-refractivity contribution in [2.75, 3.05) is 12.4 Å². The Morgan fingerprint density at radius 2 is 1.77 bits per heavy atom. The van der Waals surface area contributed by atoms with Crippen LogP contribution in [0.1, 0.15) is 10.4 Å². The lowest BCUT2D eigenvalue weighted by atomic mass is 10.1. The molecule has 0 heterocycles. The van der Waals surface area contributed by atoms with Crippen molar-refractivity contribution in [3.05, 3.63) is 71.2 Å². The van der Waals surface area contributed by atoms with Gasteiger partial charge in [0, 0.05) is 11.3 Å². The molecule has 0 fully saturated rings. The Hall–Kier alpha value is -2.52. The van der Waals surface area contributed by atoms with Crippen LogP contribution in [0, 0.1) is 0 Å². The predicted octanol–water partition coefficient (Wildman–Crippen LogP) is 4.75. The molecule has 0 unspecified atom stereocenters. The van der Waals surface area contributed by atoms with Crippen LogP contribution in [0.2, 0.25) is 5.02 Å². The van der Waals surface area contributed by atoms with E-state index >= 15 is 0 Å². The van der Waals surface area contributed by atoms with Crippen molar-refractivity contribution >= 4 is 34.0 Å². The maximum atomic E-state index is 12.3. The van der Waals surface area contributed by atoms with E-state index in [2.05, 4.69) is 5.32 Å². The highest BCUT2D eigenvalue weighted by atomic mass is 35.5. The molecule has 110 valence electrons. The average molecular weight is 312 g/mol. The number of amides is 1. The molecule has 0 atom stereocenters. The number of carbonyl (C=O) groups is 1. The van der Waals surface area contributed by atoms with Crippen LogP contribution in [0.5, 0.6) is 5.75 Å². The number of fused-ring (bicyclic) bond motifs is 1. The summed E-state index contributed by atoms with van der Waals surface area (Å²) in [5.41, 5.74) is 1.23. The van der Waals surface area contributed by atoms with Gasteiger partial charge in [-0.1, -0.05) is 41.9 Å². The number of benzene rings is 3. The van der Waals surface area contributed by atoms with Crippen LogP contribution in [-0.4, -0.2) is 13.0 Å². The number of ether oxygens (including phenoxy) is 1. The standard InChI is InChI=1S/C18H14ClNO2/c1-22-17-9-7-14(11-16(17)19)18(21)20-15-8-6-12-4-2-3-5-13(12)10-15/h2-11H,1H3,(H,20,21). The number of anilines is 1. The van der Waals surface area contributed by atoms with Crippen LogP contribution in [-0.2, 0) is 0 Å². The quantitative estimate of drug-likeness (QED) is 0.757. The van der Waals surface area contributed by atoms with Gasteiger partial charge in [0.05, 0.1) is 12.1 Å². The number of rotatable bonds is 3. The van der Waals surface area contributed by atoms with Gasteiger partial charge in [-0.25, -0.2) is 0 Å². The molecular formula is C18H14ClNO2. The molecule has 0 aliphatic rings. The first-order chi connectivity index (χ1) is 10.7. The van der Waals surface area contributed by atoms with E-state index in [-0.39, 0.29) is 5.91 Å². The zero-order valence-electron chi connectivity index (χ0n) is 12.0. The van der Waals surface area contributed by atoms with Gasteiger partial charge in [-0.15, -0.1) is 0 Å². The first kappa shape index (κ1) is 14.4. The monoisotopic (exact) mass is 311 g/mol. The lowest BCUT2D eigenvalue weighted by Crippen LogP contribution is -2.11. The number of hydrogen-bond donors (Lipinski definition) is 1. The summed E-state index contributed by atoms with van der Waals surface area (Å²) in [6.07, 6.45) is 0. The summed E-state index contributed by atoms with van der Waals surface area (Å²) in [6.45, 7) is 0. The Labute approximate surface area is 133 Å². The fraction of sp³-hybridized carbons (Fsp3) is 0.0556. The van der Waals surface area contributed by atoms with Gasteiger partial charge in [0.15, 0.2) is 0 Å². The van der Waals surface area contributed by atoms with Crippen LogP contribution >= 0.6 is 11.6 Å². The summed E-state index contributed by atoms with van der Waals surface area (Å²) in [5, 5.41) is 5.50. The first-order valence-electron chi connectivity index (χ1n) is 6.81. The van der Waals surface area contributed by atoms with Crippen molar-refractivity contribution in [3.63, 3.8) is 0 Å². The molecule has 3 aromatic carbocycles. The minimum atomic E-state index is -0.208. The SMILES string of the molecule is COc1ccc(C(=O)Nc2ccc3ccccc3c2)cc1Cl. The summed E-state index contributed by atoms with van der Waals surface area (Å²) in [4.78, 5) is 12.3. The smallest absolute Gasteiger partial charge is 0.255 e. The van der Waals surface area contributed by atoms with Gasteiger partial charge in [0.1, 0.15) is 5.75 Å². The van der Waals surface area contributed by atoms with E-state index in [0.717, 1.165) is 16.5 Å². The summed E-state index contributed by atoms with van der Waals surface area (Å²) in [7, 11) is 1.54. The van der Waals surface area contributed by atoms with Crippen LogP contribution < -0.4 is 10.1 Å². The van der Waals surface area contributed by atoms with Crippen molar-refractivity contribution in [3.8, 4) is 5.75 Å². The average Bonchev–Trinajstić information content (AvgIpc) is 2.54. The molecule has 1 amide bonds. The second-order valence-corrected chi connectivity index (χ2v) is 5.27. The van der Waals surface area contributed by atoms with Gasteiger partial charge in [-0.2, -0.15) is 0 Å². The van der Waals surface area contributed by atoms with E-state index in [4.69, 9.17) is 16.3 Å². The summed E-state index contributed by atoms with van der Waals surface area (Å²) in [5.74, 6) is 0.337. The van der Waals surface area contributed by atoms with Crippen LogP contribution in [0.25, 0.3) is 10.8 Å². The molecule has 1 N–H and O–H groups in total. The van der Waals surface area contributed by atoms with E-state index in [0.29, 0.717) is 16.3 Å². The molecule has 3 rings (SSSR count). The Morgan fingerprint density at radius 1 is 1.00 bits per heavy atom. The maximum Gasteiger partial charge on any atom is 0.255 e. The molecule has 0 aromatic heterocycles. The van der Waals surface area contributed by atoms with E-state index in [1.165, 1.54) is 7.11 Å². The fourth-order valence-corrected chi connectivity index (χ4v) is 2.54. The van der Waals surface area contributed by atoms with Crippen LogP contribution in [0.4, 0.5) is 5.69 Å². The molecule has 3 aromatic rings. The summed E-state index contributed by atoms with van der Waals surface area (Å²) < 4.78 is 5.08. The van der Waals surface area contributed by atoms with Gasteiger partial charge in [-0.3, -0.25) is 4.79 Å². The minimum absolute atomic E-state index is 0.208. The lowest BCUT2D eigenvalue weighted by Gasteiger charge is -2.08. The van der Waals surface area contributed by atoms with E-state index < -0.39 is 0 Å². The van der Waals surface area contributed by atoms with Gasteiger partial charge in [0.2, 0.25) is 0 Å². The van der Waals surface area contributed by atoms with E-state index in [9.17, 15) is 4.79 Å². The molecule has 0 radical (unpaired) electrons. The molecule has 3 nitrogen and oxygen atoms in total. The van der Waals surface area contributed by atoms with Gasteiger partial charge in [-0.05, 0) is 41.1 Å². The lowest BCUT2D eigenvalue weighted by molar-refractivity contribution is 0.102. The third-order valence-corrected chi connectivity index (χ3v) is 3.72.